The number of benzene rings is 2. The number of ether oxygens (including phenoxy) is 1. The Balaban J connectivity index is 1.73. The van der Waals surface area contributed by atoms with Crippen molar-refractivity contribution in [3.05, 3.63) is 72.4 Å². The van der Waals surface area contributed by atoms with Crippen LogP contribution in [0.15, 0.2) is 61.3 Å². The van der Waals surface area contributed by atoms with Crippen molar-refractivity contribution >= 4 is 28.4 Å². The van der Waals surface area contributed by atoms with Gasteiger partial charge in [-0.05, 0) is 29.2 Å². The predicted octanol–water partition coefficient (Wildman–Crippen LogP) is 5.81. The van der Waals surface area contributed by atoms with Gasteiger partial charge in [0.05, 0.1) is 0 Å². The number of H-pyrrole nitrogens is 1. The summed E-state index contributed by atoms with van der Waals surface area (Å²) in [4.78, 5) is 15.7. The zero-order chi connectivity index (χ0) is 20.1. The molecule has 2 aromatic carbocycles. The average Bonchev–Trinajstić information content (AvgIpc) is 3.07. The fraction of sp³-hybridized carbons (Fsp3) is 0.261. The number of anilines is 2. The van der Waals surface area contributed by atoms with E-state index in [1.165, 1.54) is 0 Å². The van der Waals surface area contributed by atoms with E-state index in [4.69, 9.17) is 4.74 Å². The van der Waals surface area contributed by atoms with E-state index in [2.05, 4.69) is 43.0 Å². The van der Waals surface area contributed by atoms with Gasteiger partial charge in [-0.3, -0.25) is 5.32 Å². The molecule has 0 aliphatic carbocycles. The first-order valence-corrected chi connectivity index (χ1v) is 9.36. The van der Waals surface area contributed by atoms with Crippen molar-refractivity contribution in [2.75, 3.05) is 17.2 Å². The Labute approximate surface area is 165 Å². The summed E-state index contributed by atoms with van der Waals surface area (Å²) in [5.74, 6) is 0. The van der Waals surface area contributed by atoms with Gasteiger partial charge in [0.2, 0.25) is 0 Å². The molecule has 0 aliphatic rings. The third-order valence-electron chi connectivity index (χ3n) is 4.55. The molecule has 0 atom stereocenters. The van der Waals surface area contributed by atoms with E-state index in [0.29, 0.717) is 6.54 Å². The first kappa shape index (κ1) is 19.5. The van der Waals surface area contributed by atoms with Crippen LogP contribution in [0.4, 0.5) is 16.2 Å². The van der Waals surface area contributed by atoms with E-state index in [9.17, 15) is 4.79 Å². The van der Waals surface area contributed by atoms with Crippen molar-refractivity contribution in [2.45, 2.75) is 32.8 Å². The fourth-order valence-corrected chi connectivity index (χ4v) is 3.14. The number of amides is 1. The standard InChI is InChI=1S/C23H27N3O2/c1-5-12-24-17-10-11-19(23(2,3)4)21(13-17)26-22(27)28-15-16-14-25-20-9-7-6-8-18(16)20/h5-11,13-14,24-25H,1,12,15H2,2-4H3,(H,26,27). The van der Waals surface area contributed by atoms with E-state index in [-0.39, 0.29) is 12.0 Å². The summed E-state index contributed by atoms with van der Waals surface area (Å²) in [7, 11) is 0. The minimum absolute atomic E-state index is 0.115. The quantitative estimate of drug-likeness (QED) is 0.475. The van der Waals surface area contributed by atoms with Crippen LogP contribution in [-0.2, 0) is 16.8 Å². The van der Waals surface area contributed by atoms with Gasteiger partial charge in [0.1, 0.15) is 6.61 Å². The number of rotatable bonds is 6. The molecule has 0 radical (unpaired) electrons. The van der Waals surface area contributed by atoms with Gasteiger partial charge in [0.25, 0.3) is 0 Å². The highest BCUT2D eigenvalue weighted by Crippen LogP contribution is 2.32. The van der Waals surface area contributed by atoms with Gasteiger partial charge in [0.15, 0.2) is 0 Å². The molecule has 0 bridgehead atoms. The van der Waals surface area contributed by atoms with Crippen LogP contribution in [0.5, 0.6) is 0 Å². The summed E-state index contributed by atoms with van der Waals surface area (Å²) in [6, 6.07) is 13.9. The fourth-order valence-electron chi connectivity index (χ4n) is 3.14. The molecule has 28 heavy (non-hydrogen) atoms. The Morgan fingerprint density at radius 1 is 1.21 bits per heavy atom. The van der Waals surface area contributed by atoms with Crippen molar-refractivity contribution < 1.29 is 9.53 Å². The SMILES string of the molecule is C=CCNc1ccc(C(C)(C)C)c(NC(=O)OCc2c[nH]c3ccccc23)c1. The van der Waals surface area contributed by atoms with Crippen LogP contribution in [0, 0.1) is 0 Å². The molecule has 3 rings (SSSR count). The number of para-hydroxylation sites is 1. The lowest BCUT2D eigenvalue weighted by atomic mass is 9.85. The lowest BCUT2D eigenvalue weighted by Crippen LogP contribution is -2.19. The zero-order valence-corrected chi connectivity index (χ0v) is 16.6. The van der Waals surface area contributed by atoms with Crippen LogP contribution >= 0.6 is 0 Å². The minimum Gasteiger partial charge on any atom is -0.444 e. The molecule has 1 amide bonds. The summed E-state index contributed by atoms with van der Waals surface area (Å²) in [6.07, 6.45) is 3.19. The third-order valence-corrected chi connectivity index (χ3v) is 4.55. The van der Waals surface area contributed by atoms with Crippen LogP contribution < -0.4 is 10.6 Å². The number of nitrogens with one attached hydrogen (secondary N) is 3. The highest BCUT2D eigenvalue weighted by atomic mass is 16.5. The average molecular weight is 377 g/mol. The van der Waals surface area contributed by atoms with E-state index in [1.54, 1.807) is 6.08 Å². The van der Waals surface area contributed by atoms with Crippen LogP contribution in [-0.4, -0.2) is 17.6 Å². The number of fused-ring (bicyclic) bond motifs is 1. The summed E-state index contributed by atoms with van der Waals surface area (Å²) in [5, 5.41) is 7.21. The molecule has 1 aromatic heterocycles. The molecule has 0 unspecified atom stereocenters. The second-order valence-corrected chi connectivity index (χ2v) is 7.74. The highest BCUT2D eigenvalue weighted by Gasteiger charge is 2.20. The number of aromatic amines is 1. The number of hydrogen-bond donors (Lipinski definition) is 3. The zero-order valence-electron chi connectivity index (χ0n) is 16.6. The molecule has 1 heterocycles. The molecule has 0 spiro atoms. The van der Waals surface area contributed by atoms with Gasteiger partial charge in [0, 0.05) is 40.6 Å². The molecule has 3 aromatic rings. The Morgan fingerprint density at radius 3 is 2.75 bits per heavy atom. The van der Waals surface area contributed by atoms with E-state index < -0.39 is 6.09 Å². The first-order valence-electron chi connectivity index (χ1n) is 9.36. The van der Waals surface area contributed by atoms with Crippen LogP contribution in [0.2, 0.25) is 0 Å². The number of carbonyl (C=O) groups excluding carboxylic acids is 1. The van der Waals surface area contributed by atoms with Gasteiger partial charge in [-0.2, -0.15) is 0 Å². The molecule has 0 saturated heterocycles. The van der Waals surface area contributed by atoms with E-state index >= 15 is 0 Å². The molecule has 146 valence electrons. The van der Waals surface area contributed by atoms with E-state index in [0.717, 1.165) is 33.4 Å². The molecule has 5 nitrogen and oxygen atoms in total. The molecular weight excluding hydrogens is 350 g/mol. The summed E-state index contributed by atoms with van der Waals surface area (Å²) >= 11 is 0. The van der Waals surface area contributed by atoms with Crippen LogP contribution in [0.1, 0.15) is 31.9 Å². The summed E-state index contributed by atoms with van der Waals surface area (Å²) in [6.45, 7) is 10.9. The summed E-state index contributed by atoms with van der Waals surface area (Å²) < 4.78 is 5.48. The van der Waals surface area contributed by atoms with Crippen LogP contribution in [0.3, 0.4) is 0 Å². The summed E-state index contributed by atoms with van der Waals surface area (Å²) in [5.41, 5.74) is 4.56. The molecule has 0 aliphatic heterocycles. The van der Waals surface area contributed by atoms with E-state index in [1.807, 2.05) is 48.7 Å². The Hall–Kier alpha value is -3.21. The lowest BCUT2D eigenvalue weighted by molar-refractivity contribution is 0.155. The highest BCUT2D eigenvalue weighted by molar-refractivity contribution is 5.88. The first-order chi connectivity index (χ1) is 13.4. The van der Waals surface area contributed by atoms with Crippen molar-refractivity contribution in [3.63, 3.8) is 0 Å². The van der Waals surface area contributed by atoms with Crippen molar-refractivity contribution in [1.82, 2.24) is 4.98 Å². The Morgan fingerprint density at radius 2 is 2.00 bits per heavy atom. The molecule has 3 N–H and O–H groups in total. The third kappa shape index (κ3) is 4.55. The maximum Gasteiger partial charge on any atom is 0.411 e. The molecule has 0 fully saturated rings. The van der Waals surface area contributed by atoms with Gasteiger partial charge in [-0.15, -0.1) is 6.58 Å². The van der Waals surface area contributed by atoms with Crippen LogP contribution in [0.25, 0.3) is 10.9 Å². The van der Waals surface area contributed by atoms with Gasteiger partial charge in [-0.25, -0.2) is 4.79 Å². The number of aromatic nitrogens is 1. The largest absolute Gasteiger partial charge is 0.444 e. The molecule has 5 heteroatoms. The van der Waals surface area contributed by atoms with Crippen molar-refractivity contribution in [2.24, 2.45) is 0 Å². The smallest absolute Gasteiger partial charge is 0.411 e. The van der Waals surface area contributed by atoms with Gasteiger partial charge >= 0.3 is 6.09 Å². The Bertz CT molecular complexity index is 983. The molecular formula is C23H27N3O2. The number of carbonyl (C=O) groups is 1. The molecule has 0 saturated carbocycles. The Kier molecular flexibility index (Phi) is 5.73. The maximum atomic E-state index is 12.5. The van der Waals surface area contributed by atoms with Crippen molar-refractivity contribution in [1.29, 1.82) is 0 Å². The normalized spacial score (nSPS) is 11.2. The predicted molar refractivity (Wildman–Crippen MR) is 116 cm³/mol. The van der Waals surface area contributed by atoms with Crippen molar-refractivity contribution in [3.8, 4) is 0 Å². The van der Waals surface area contributed by atoms with Gasteiger partial charge < -0.3 is 15.0 Å². The monoisotopic (exact) mass is 377 g/mol. The maximum absolute atomic E-state index is 12.5. The van der Waals surface area contributed by atoms with Gasteiger partial charge in [-0.1, -0.05) is 51.1 Å². The number of hydrogen-bond acceptors (Lipinski definition) is 3. The second-order valence-electron chi connectivity index (χ2n) is 7.74. The topological polar surface area (TPSA) is 66.2 Å². The minimum atomic E-state index is -0.475. The second kappa shape index (κ2) is 8.21. The lowest BCUT2D eigenvalue weighted by Gasteiger charge is -2.24.